The summed E-state index contributed by atoms with van der Waals surface area (Å²) in [5.74, 6) is -13.2. The summed E-state index contributed by atoms with van der Waals surface area (Å²) < 4.78 is 0. The third-order valence-corrected chi connectivity index (χ3v) is 11.4. The SMILES string of the molecule is CC(NC(=O)C(CS)NC(=O)[C@@H]1CCCN1C(=O)C(CO)NC(=O)C(CC(=O)O)NC(=O)CNC(=O)C(CCCNC(=N)N)NC(=O)CNC(=O)C(CS)NC(=O)[C@@H](NC(=O)C(N)C(C)C)[C@@H](C)O)C(N)=O. The van der Waals surface area contributed by atoms with Crippen LogP contribution < -0.4 is 70.4 Å². The highest BCUT2D eigenvalue weighted by molar-refractivity contribution is 7.80. The molecule has 1 fully saturated rings. The summed E-state index contributed by atoms with van der Waals surface area (Å²) in [6.45, 7) is 3.18. The zero-order valence-corrected chi connectivity index (χ0v) is 41.9. The second-order valence-electron chi connectivity index (χ2n) is 16.8. The molecule has 0 aliphatic carbocycles. The monoisotopic (exact) mass is 1060 g/mol. The average molecular weight is 1060 g/mol. The first-order chi connectivity index (χ1) is 33.7. The predicted octanol–water partition coefficient (Wildman–Crippen LogP) is -8.94. The zero-order valence-electron chi connectivity index (χ0n) is 40.2. The number of carbonyl (C=O) groups is 12. The standard InChI is InChI=1S/C40H69N15O15S2/c1-17(2)29(41)37(68)54-30(19(4)57)38(69)53-23(15-71)33(64)47-12-26(58)49-20(7-5-9-45-40(43)44)32(63)46-13-27(59)50-21(11-28(60)61)34(65)51-22(14-56)39(70)55-10-6-8-25(55)36(67)52-24(16-72)35(66)48-18(3)31(42)62/h17-25,29-30,56-57,71-72H,5-16,41H2,1-4H3,(H2,42,62)(H,46,63)(H,47,64)(H,48,66)(H,49,58)(H,50,59)(H,51,65)(H,52,67)(H,53,69)(H,54,68)(H,60,61)(H4,43,44,45)/t18?,19-,20?,21?,22?,23?,24?,25+,29?,30+/m1/s1. The Kier molecular flexibility index (Phi) is 28.0. The lowest BCUT2D eigenvalue weighted by molar-refractivity contribution is -0.144. The number of aliphatic hydroxyl groups excluding tert-OH is 2. The van der Waals surface area contributed by atoms with E-state index in [4.69, 9.17) is 22.6 Å². The fourth-order valence-electron chi connectivity index (χ4n) is 6.48. The maximum absolute atomic E-state index is 13.6. The molecule has 1 saturated heterocycles. The molecule has 406 valence electrons. The van der Waals surface area contributed by atoms with Crippen molar-refractivity contribution in [1.82, 2.24) is 58.1 Å². The van der Waals surface area contributed by atoms with Gasteiger partial charge in [0.1, 0.15) is 48.3 Å². The molecule has 1 aliphatic heterocycles. The van der Waals surface area contributed by atoms with Gasteiger partial charge in [-0.1, -0.05) is 13.8 Å². The molecule has 0 aromatic carbocycles. The molecular weight excluding hydrogens is 995 g/mol. The summed E-state index contributed by atoms with van der Waals surface area (Å²) in [4.78, 5) is 155. The van der Waals surface area contributed by atoms with Gasteiger partial charge in [-0.15, -0.1) is 0 Å². The van der Waals surface area contributed by atoms with Crippen LogP contribution in [0.3, 0.4) is 0 Å². The lowest BCUT2D eigenvalue weighted by Gasteiger charge is -2.29. The molecule has 11 amide bonds. The van der Waals surface area contributed by atoms with E-state index >= 15 is 0 Å². The zero-order chi connectivity index (χ0) is 55.0. The van der Waals surface area contributed by atoms with Crippen molar-refractivity contribution >= 4 is 102 Å². The van der Waals surface area contributed by atoms with Crippen molar-refractivity contribution in [2.75, 3.05) is 44.3 Å². The number of nitrogens with zero attached hydrogens (tertiary/aromatic N) is 1. The van der Waals surface area contributed by atoms with Gasteiger partial charge in [-0.25, -0.2) is 0 Å². The van der Waals surface area contributed by atoms with Crippen molar-refractivity contribution in [2.45, 2.75) is 120 Å². The first-order valence-electron chi connectivity index (χ1n) is 22.5. The van der Waals surface area contributed by atoms with Crippen LogP contribution in [0.15, 0.2) is 0 Å². The van der Waals surface area contributed by atoms with Crippen LogP contribution in [0.2, 0.25) is 0 Å². The Balaban J connectivity index is 3.03. The number of guanidine groups is 1. The number of aliphatic carboxylic acids is 1. The summed E-state index contributed by atoms with van der Waals surface area (Å²) in [5.41, 5.74) is 16.3. The highest BCUT2D eigenvalue weighted by Crippen LogP contribution is 2.19. The largest absolute Gasteiger partial charge is 0.481 e. The van der Waals surface area contributed by atoms with Crippen molar-refractivity contribution in [3.63, 3.8) is 0 Å². The number of carboxylic acid groups (broad SMARTS) is 1. The molecule has 10 atom stereocenters. The van der Waals surface area contributed by atoms with E-state index in [9.17, 15) is 72.9 Å². The topological polar surface area (TPSA) is 491 Å². The molecule has 20 N–H and O–H groups in total. The van der Waals surface area contributed by atoms with Crippen LogP contribution in [0, 0.1) is 11.3 Å². The Morgan fingerprint density at radius 2 is 1.21 bits per heavy atom. The molecule has 72 heavy (non-hydrogen) atoms. The van der Waals surface area contributed by atoms with Crippen LogP contribution in [-0.4, -0.2) is 202 Å². The number of likely N-dealkylation sites (tertiary alicyclic amines) is 1. The van der Waals surface area contributed by atoms with Gasteiger partial charge in [-0.2, -0.15) is 25.3 Å². The molecule has 0 aromatic rings. The first kappa shape index (κ1) is 63.5. The summed E-state index contributed by atoms with van der Waals surface area (Å²) in [7, 11) is 0. The minimum Gasteiger partial charge on any atom is -0.481 e. The van der Waals surface area contributed by atoms with Gasteiger partial charge in [-0.3, -0.25) is 62.9 Å². The fraction of sp³-hybridized carbons (Fsp3) is 0.675. The number of rotatable bonds is 31. The van der Waals surface area contributed by atoms with E-state index in [1.165, 1.54) is 13.8 Å². The van der Waals surface area contributed by atoms with Gasteiger partial charge in [0.15, 0.2) is 5.96 Å². The number of hydrogen-bond donors (Lipinski definition) is 19. The average Bonchev–Trinajstić information content (AvgIpc) is 3.81. The number of thiol groups is 2. The van der Waals surface area contributed by atoms with Crippen LogP contribution >= 0.6 is 25.3 Å². The van der Waals surface area contributed by atoms with Gasteiger partial charge in [0.2, 0.25) is 65.0 Å². The van der Waals surface area contributed by atoms with Gasteiger partial charge in [0, 0.05) is 24.6 Å². The highest BCUT2D eigenvalue weighted by atomic mass is 32.1. The second kappa shape index (κ2) is 31.7. The van der Waals surface area contributed by atoms with Crippen molar-refractivity contribution in [1.29, 1.82) is 5.41 Å². The van der Waals surface area contributed by atoms with Crippen LogP contribution in [-0.2, 0) is 57.5 Å². The quantitative estimate of drug-likeness (QED) is 0.0133. The maximum atomic E-state index is 13.6. The molecule has 1 heterocycles. The van der Waals surface area contributed by atoms with Crippen molar-refractivity contribution in [3.05, 3.63) is 0 Å². The number of nitrogens with one attached hydrogen (secondary N) is 11. The number of aliphatic hydroxyl groups is 2. The third kappa shape index (κ3) is 21.9. The number of carbonyl (C=O) groups excluding carboxylic acids is 11. The van der Waals surface area contributed by atoms with Gasteiger partial charge in [0.25, 0.3) is 0 Å². The first-order valence-corrected chi connectivity index (χ1v) is 23.8. The fourth-order valence-corrected chi connectivity index (χ4v) is 6.99. The summed E-state index contributed by atoms with van der Waals surface area (Å²) in [6.07, 6.45) is -2.12. The Labute approximate surface area is 425 Å². The van der Waals surface area contributed by atoms with Crippen molar-refractivity contribution in [2.24, 2.45) is 23.1 Å². The molecule has 0 saturated carbocycles. The highest BCUT2D eigenvalue weighted by Gasteiger charge is 2.40. The molecule has 0 spiro atoms. The van der Waals surface area contributed by atoms with Gasteiger partial charge in [0.05, 0.1) is 38.3 Å². The Morgan fingerprint density at radius 3 is 1.71 bits per heavy atom. The Hall–Kier alpha value is -6.51. The van der Waals surface area contributed by atoms with Crippen molar-refractivity contribution in [3.8, 4) is 0 Å². The van der Waals surface area contributed by atoms with E-state index in [-0.39, 0.29) is 56.2 Å². The lowest BCUT2D eigenvalue weighted by Crippen LogP contribution is -2.60. The van der Waals surface area contributed by atoms with Gasteiger partial charge >= 0.3 is 5.97 Å². The van der Waals surface area contributed by atoms with E-state index in [1.807, 2.05) is 0 Å². The van der Waals surface area contributed by atoms with Crippen LogP contribution in [0.4, 0.5) is 0 Å². The summed E-state index contributed by atoms with van der Waals surface area (Å²) >= 11 is 8.13. The van der Waals surface area contributed by atoms with Crippen LogP contribution in [0.5, 0.6) is 0 Å². The predicted molar refractivity (Wildman–Crippen MR) is 260 cm³/mol. The molecular formula is C40H69N15O15S2. The molecule has 0 bridgehead atoms. The number of nitrogens with two attached hydrogens (primary N) is 3. The molecule has 0 radical (unpaired) electrons. The molecule has 1 aliphatic rings. The minimum absolute atomic E-state index is 0.0293. The Morgan fingerprint density at radius 1 is 0.681 bits per heavy atom. The molecule has 0 aromatic heterocycles. The number of amides is 11. The van der Waals surface area contributed by atoms with Crippen LogP contribution in [0.25, 0.3) is 0 Å². The Bertz CT molecular complexity index is 1980. The summed E-state index contributed by atoms with van der Waals surface area (Å²) in [6, 6.07) is -12.5. The van der Waals surface area contributed by atoms with E-state index in [2.05, 4.69) is 78.4 Å². The summed E-state index contributed by atoms with van der Waals surface area (Å²) in [5, 5.41) is 60.2. The van der Waals surface area contributed by atoms with Gasteiger partial charge < -0.3 is 90.6 Å². The number of primary amides is 1. The normalized spacial score (nSPS) is 16.8. The molecule has 32 heteroatoms. The van der Waals surface area contributed by atoms with Crippen molar-refractivity contribution < 1.29 is 72.9 Å². The maximum Gasteiger partial charge on any atom is 0.305 e. The van der Waals surface area contributed by atoms with E-state index in [0.717, 1.165) is 4.90 Å². The van der Waals surface area contributed by atoms with E-state index in [1.54, 1.807) is 13.8 Å². The third-order valence-electron chi connectivity index (χ3n) is 10.6. The van der Waals surface area contributed by atoms with E-state index < -0.39 is 164 Å². The molecule has 30 nitrogen and oxygen atoms in total. The number of hydrogen-bond acceptors (Lipinski definition) is 18. The van der Waals surface area contributed by atoms with Gasteiger partial charge in [-0.05, 0) is 45.4 Å². The van der Waals surface area contributed by atoms with E-state index in [0.29, 0.717) is 0 Å². The lowest BCUT2D eigenvalue weighted by atomic mass is 10.0. The molecule has 1 rings (SSSR count). The van der Waals surface area contributed by atoms with Crippen LogP contribution in [0.1, 0.15) is 59.8 Å². The smallest absolute Gasteiger partial charge is 0.305 e. The second-order valence-corrected chi connectivity index (χ2v) is 17.5. The number of carboxylic acids is 1. The minimum atomic E-state index is -1.90. The molecule has 7 unspecified atom stereocenters.